The number of nitrogens with one attached hydrogen (secondary N) is 1. The fraction of sp³-hybridized carbons (Fsp3) is 0.310. The molecule has 0 fully saturated rings. The molecule has 208 valence electrons. The Hall–Kier alpha value is -3.07. The average Bonchev–Trinajstić information content (AvgIpc) is 2.90. The molecule has 7 nitrogen and oxygen atoms in total. The van der Waals surface area contributed by atoms with E-state index in [0.717, 1.165) is 16.3 Å². The maximum Gasteiger partial charge on any atom is 0.264 e. The van der Waals surface area contributed by atoms with Crippen molar-refractivity contribution < 1.29 is 18.0 Å². The third kappa shape index (κ3) is 7.97. The van der Waals surface area contributed by atoms with Crippen LogP contribution in [0.3, 0.4) is 0 Å². The number of nitrogens with zero attached hydrogens (tertiary/aromatic N) is 2. The van der Waals surface area contributed by atoms with Gasteiger partial charge in [0.25, 0.3) is 10.0 Å². The van der Waals surface area contributed by atoms with Gasteiger partial charge in [-0.3, -0.25) is 13.9 Å². The van der Waals surface area contributed by atoms with Gasteiger partial charge in [-0.25, -0.2) is 8.42 Å². The minimum absolute atomic E-state index is 0.00997. The van der Waals surface area contributed by atoms with E-state index in [2.05, 4.69) is 5.32 Å². The van der Waals surface area contributed by atoms with Crippen molar-refractivity contribution in [2.24, 2.45) is 0 Å². The second-order valence-corrected chi connectivity index (χ2v) is 12.2. The highest BCUT2D eigenvalue weighted by Crippen LogP contribution is 2.26. The number of hydrogen-bond donors (Lipinski definition) is 1. The first-order valence-electron chi connectivity index (χ1n) is 12.6. The maximum atomic E-state index is 13.9. The summed E-state index contributed by atoms with van der Waals surface area (Å²) in [4.78, 5) is 28.4. The first-order valence-corrected chi connectivity index (χ1v) is 14.8. The monoisotopic (exact) mass is 589 g/mol. The fourth-order valence-corrected chi connectivity index (χ4v) is 5.61. The van der Waals surface area contributed by atoms with Crippen molar-refractivity contribution in [2.45, 2.75) is 57.6 Å². The normalized spacial score (nSPS) is 12.9. The molecule has 0 aromatic heterocycles. The van der Waals surface area contributed by atoms with Crippen molar-refractivity contribution in [3.05, 3.63) is 94.0 Å². The summed E-state index contributed by atoms with van der Waals surface area (Å²) in [5, 5.41) is 3.79. The van der Waals surface area contributed by atoms with Gasteiger partial charge in [-0.2, -0.15) is 0 Å². The van der Waals surface area contributed by atoms with Crippen LogP contribution in [0.2, 0.25) is 10.0 Å². The molecule has 1 N–H and O–H groups in total. The van der Waals surface area contributed by atoms with Crippen LogP contribution in [0.5, 0.6) is 0 Å². The van der Waals surface area contributed by atoms with Crippen LogP contribution in [0.15, 0.2) is 77.7 Å². The van der Waals surface area contributed by atoms with Crippen LogP contribution in [0.4, 0.5) is 5.69 Å². The van der Waals surface area contributed by atoms with Gasteiger partial charge in [0.2, 0.25) is 11.8 Å². The molecular formula is C29H33Cl2N3O4S. The van der Waals surface area contributed by atoms with Crippen LogP contribution in [0.25, 0.3) is 0 Å². The van der Waals surface area contributed by atoms with Gasteiger partial charge in [-0.1, -0.05) is 60.0 Å². The Kier molecular flexibility index (Phi) is 10.4. The molecule has 0 aliphatic carbocycles. The predicted molar refractivity (Wildman–Crippen MR) is 157 cm³/mol. The van der Waals surface area contributed by atoms with Gasteiger partial charge in [-0.15, -0.1) is 0 Å². The van der Waals surface area contributed by atoms with Gasteiger partial charge in [0.15, 0.2) is 0 Å². The summed E-state index contributed by atoms with van der Waals surface area (Å²) in [7, 11) is -4.16. The zero-order valence-electron chi connectivity index (χ0n) is 22.4. The zero-order valence-corrected chi connectivity index (χ0v) is 24.7. The molecular weight excluding hydrogens is 557 g/mol. The summed E-state index contributed by atoms with van der Waals surface area (Å²) in [5.74, 6) is -0.873. The van der Waals surface area contributed by atoms with E-state index in [1.54, 1.807) is 55.5 Å². The van der Waals surface area contributed by atoms with Crippen LogP contribution in [-0.2, 0) is 26.2 Å². The van der Waals surface area contributed by atoms with Crippen molar-refractivity contribution in [3.63, 3.8) is 0 Å². The quantitative estimate of drug-likeness (QED) is 0.305. The Bertz CT molecular complexity index is 1400. The van der Waals surface area contributed by atoms with Crippen molar-refractivity contribution in [1.29, 1.82) is 0 Å². The number of rotatable bonds is 11. The van der Waals surface area contributed by atoms with E-state index < -0.39 is 28.5 Å². The number of carbonyl (C=O) groups is 2. The lowest BCUT2D eigenvalue weighted by Gasteiger charge is -2.32. The van der Waals surface area contributed by atoms with Crippen molar-refractivity contribution in [1.82, 2.24) is 10.2 Å². The van der Waals surface area contributed by atoms with Crippen molar-refractivity contribution >= 4 is 50.7 Å². The Morgan fingerprint density at radius 3 is 2.15 bits per heavy atom. The number of halogens is 2. The minimum atomic E-state index is -4.16. The number of carbonyl (C=O) groups excluding carboxylic acids is 2. The molecule has 2 amide bonds. The molecule has 0 aliphatic heterocycles. The first kappa shape index (κ1) is 30.5. The number of hydrogen-bond acceptors (Lipinski definition) is 4. The summed E-state index contributed by atoms with van der Waals surface area (Å²) in [6.45, 7) is 6.89. The molecule has 3 aromatic carbocycles. The number of anilines is 1. The predicted octanol–water partition coefficient (Wildman–Crippen LogP) is 5.83. The largest absolute Gasteiger partial charge is 0.352 e. The summed E-state index contributed by atoms with van der Waals surface area (Å²) in [6.07, 6.45) is 0.723. The van der Waals surface area contributed by atoms with E-state index in [0.29, 0.717) is 21.3 Å². The fourth-order valence-electron chi connectivity index (χ4n) is 3.85. The third-order valence-electron chi connectivity index (χ3n) is 6.41. The molecule has 3 rings (SSSR count). The molecule has 0 saturated carbocycles. The van der Waals surface area contributed by atoms with Gasteiger partial charge in [-0.05, 0) is 81.3 Å². The van der Waals surface area contributed by atoms with Crippen LogP contribution in [0, 0.1) is 6.92 Å². The standard InChI is InChI=1S/C29H33Cl2N3O4S/c1-5-21(3)32-29(36)22(4)33(18-23-7-6-8-25(31)17-23)28(35)19-34(26-13-9-20(2)10-14-26)39(37,38)27-15-11-24(30)12-16-27/h6-17,21-22H,5,18-19H2,1-4H3,(H,32,36)/t21-,22+/m1/s1. The van der Waals surface area contributed by atoms with Crippen LogP contribution in [0.1, 0.15) is 38.3 Å². The lowest BCUT2D eigenvalue weighted by molar-refractivity contribution is -0.139. The third-order valence-corrected chi connectivity index (χ3v) is 8.69. The molecule has 0 heterocycles. The van der Waals surface area contributed by atoms with E-state index >= 15 is 0 Å². The smallest absolute Gasteiger partial charge is 0.264 e. The van der Waals surface area contributed by atoms with Gasteiger partial charge in [0.05, 0.1) is 10.6 Å². The topological polar surface area (TPSA) is 86.8 Å². The number of sulfonamides is 1. The van der Waals surface area contributed by atoms with E-state index in [4.69, 9.17) is 23.2 Å². The Morgan fingerprint density at radius 1 is 0.923 bits per heavy atom. The number of benzene rings is 3. The van der Waals surface area contributed by atoms with Gasteiger partial charge in [0.1, 0.15) is 12.6 Å². The lowest BCUT2D eigenvalue weighted by Crippen LogP contribution is -2.52. The average molecular weight is 591 g/mol. The Balaban J connectivity index is 2.02. The Morgan fingerprint density at radius 2 is 1.56 bits per heavy atom. The maximum absolute atomic E-state index is 13.9. The molecule has 0 unspecified atom stereocenters. The second-order valence-electron chi connectivity index (χ2n) is 9.45. The zero-order chi connectivity index (χ0) is 28.7. The lowest BCUT2D eigenvalue weighted by atomic mass is 10.1. The van der Waals surface area contributed by atoms with Crippen LogP contribution in [-0.4, -0.2) is 43.8 Å². The molecule has 0 aliphatic rings. The van der Waals surface area contributed by atoms with Crippen LogP contribution >= 0.6 is 23.2 Å². The Labute approximate surface area is 240 Å². The molecule has 0 bridgehead atoms. The second kappa shape index (κ2) is 13.3. The molecule has 0 radical (unpaired) electrons. The van der Waals surface area contributed by atoms with Gasteiger partial charge in [0, 0.05) is 22.6 Å². The SMILES string of the molecule is CC[C@@H](C)NC(=O)[C@H](C)N(Cc1cccc(Cl)c1)C(=O)CN(c1ccc(C)cc1)S(=O)(=O)c1ccc(Cl)cc1. The highest BCUT2D eigenvalue weighted by molar-refractivity contribution is 7.92. The molecule has 39 heavy (non-hydrogen) atoms. The molecule has 0 spiro atoms. The molecule has 10 heteroatoms. The van der Waals surface area contributed by atoms with Gasteiger partial charge >= 0.3 is 0 Å². The van der Waals surface area contributed by atoms with Gasteiger partial charge < -0.3 is 10.2 Å². The van der Waals surface area contributed by atoms with E-state index in [1.807, 2.05) is 20.8 Å². The number of amides is 2. The van der Waals surface area contributed by atoms with E-state index in [1.165, 1.54) is 29.2 Å². The minimum Gasteiger partial charge on any atom is -0.352 e. The molecule has 3 aromatic rings. The first-order chi connectivity index (χ1) is 18.4. The molecule has 2 atom stereocenters. The highest BCUT2D eigenvalue weighted by Gasteiger charge is 2.32. The van der Waals surface area contributed by atoms with E-state index in [9.17, 15) is 18.0 Å². The van der Waals surface area contributed by atoms with E-state index in [-0.39, 0.29) is 23.4 Å². The summed E-state index contributed by atoms with van der Waals surface area (Å²) in [5.41, 5.74) is 1.97. The number of aryl methyl sites for hydroxylation is 1. The highest BCUT2D eigenvalue weighted by atomic mass is 35.5. The summed E-state index contributed by atoms with van der Waals surface area (Å²) >= 11 is 12.2. The van der Waals surface area contributed by atoms with Crippen LogP contribution < -0.4 is 9.62 Å². The van der Waals surface area contributed by atoms with Crippen molar-refractivity contribution in [3.8, 4) is 0 Å². The summed E-state index contributed by atoms with van der Waals surface area (Å²) in [6, 6.07) is 18.6. The molecule has 0 saturated heterocycles. The summed E-state index contributed by atoms with van der Waals surface area (Å²) < 4.78 is 28.6. The van der Waals surface area contributed by atoms with Crippen molar-refractivity contribution in [2.75, 3.05) is 10.8 Å².